The van der Waals surface area contributed by atoms with E-state index in [0.29, 0.717) is 0 Å². The van der Waals surface area contributed by atoms with Gasteiger partial charge in [-0.3, -0.25) is 0 Å². The lowest BCUT2D eigenvalue weighted by Gasteiger charge is -2.08. The van der Waals surface area contributed by atoms with Crippen molar-refractivity contribution >= 4 is 32.4 Å². The average molecular weight is 264 g/mol. The van der Waals surface area contributed by atoms with E-state index in [4.69, 9.17) is 5.11 Å². The van der Waals surface area contributed by atoms with Crippen LogP contribution in [0.4, 0.5) is 0 Å². The van der Waals surface area contributed by atoms with E-state index in [0.717, 1.165) is 6.26 Å². The summed E-state index contributed by atoms with van der Waals surface area (Å²) in [6.45, 7) is 1.46. The van der Waals surface area contributed by atoms with Gasteiger partial charge in [-0.25, -0.2) is 8.42 Å². The molecule has 0 aromatic rings. The molecule has 0 aliphatic heterocycles. The van der Waals surface area contributed by atoms with E-state index in [-0.39, 0.29) is 0 Å². The van der Waals surface area contributed by atoms with Crippen molar-refractivity contribution in [3.8, 4) is 0 Å². The summed E-state index contributed by atoms with van der Waals surface area (Å²) in [6.07, 6.45) is 0.317. The van der Waals surface area contributed by atoms with E-state index in [1.807, 2.05) is 0 Å². The van der Waals surface area contributed by atoms with Gasteiger partial charge in [0.25, 0.3) is 0 Å². The van der Waals surface area contributed by atoms with Crippen molar-refractivity contribution in [3.63, 3.8) is 0 Å². The molecular formula is C4H9IO3S. The minimum Gasteiger partial charge on any atom is -0.391 e. The molecule has 0 aromatic heterocycles. The van der Waals surface area contributed by atoms with Crippen LogP contribution in [0.2, 0.25) is 0 Å². The lowest BCUT2D eigenvalue weighted by atomic mass is 10.5. The van der Waals surface area contributed by atoms with Crippen LogP contribution in [0, 0.1) is 0 Å². The second kappa shape index (κ2) is 3.16. The third-order valence-corrected chi connectivity index (χ3v) is 5.81. The number of hydrogen-bond acceptors (Lipinski definition) is 3. The molecule has 0 saturated carbocycles. The molecule has 0 radical (unpaired) electrons. The summed E-state index contributed by atoms with van der Waals surface area (Å²) in [7, 11) is -3.07. The number of alkyl halides is 1. The van der Waals surface area contributed by atoms with Crippen molar-refractivity contribution in [2.75, 3.05) is 6.26 Å². The number of hydrogen-bond donors (Lipinski definition) is 1. The largest absolute Gasteiger partial charge is 0.391 e. The maximum Gasteiger partial charge on any atom is 0.162 e. The molecule has 3 nitrogen and oxygen atoms in total. The highest BCUT2D eigenvalue weighted by Gasteiger charge is 2.21. The Bertz CT molecular complexity index is 172. The highest BCUT2D eigenvalue weighted by atomic mass is 127. The Morgan fingerprint density at radius 3 is 1.89 bits per heavy atom. The molecule has 0 aromatic carbocycles. The Labute approximate surface area is 68.5 Å². The molecule has 56 valence electrons. The highest BCUT2D eigenvalue weighted by Crippen LogP contribution is 2.12. The van der Waals surface area contributed by atoms with Gasteiger partial charge in [0.15, 0.2) is 9.84 Å². The predicted octanol–water partition coefficient (Wildman–Crippen LogP) is 0.173. The van der Waals surface area contributed by atoms with Crippen molar-refractivity contribution in [2.24, 2.45) is 0 Å². The molecule has 2 atom stereocenters. The number of halogens is 1. The fraction of sp³-hybridized carbons (Fsp3) is 1.00. The van der Waals surface area contributed by atoms with Crippen molar-refractivity contribution in [3.05, 3.63) is 0 Å². The first kappa shape index (κ1) is 9.64. The topological polar surface area (TPSA) is 54.4 Å². The molecule has 0 fully saturated rings. The number of aliphatic hydroxyl groups is 1. The number of aliphatic hydroxyl groups excluding tert-OH is 1. The molecule has 0 aliphatic rings. The zero-order valence-corrected chi connectivity index (χ0v) is 8.18. The van der Waals surface area contributed by atoms with Crippen LogP contribution in [0.5, 0.6) is 0 Å². The maximum atomic E-state index is 10.6. The van der Waals surface area contributed by atoms with Crippen molar-refractivity contribution in [2.45, 2.75) is 16.3 Å². The molecule has 0 heterocycles. The molecule has 0 saturated heterocycles. The lowest BCUT2D eigenvalue weighted by Crippen LogP contribution is -2.24. The average Bonchev–Trinajstić information content (AvgIpc) is 1.62. The van der Waals surface area contributed by atoms with Crippen molar-refractivity contribution < 1.29 is 13.5 Å². The Hall–Kier alpha value is 0.640. The van der Waals surface area contributed by atoms with Gasteiger partial charge in [0, 0.05) is 6.26 Å². The monoisotopic (exact) mass is 264 g/mol. The van der Waals surface area contributed by atoms with Gasteiger partial charge in [-0.15, -0.1) is 0 Å². The van der Waals surface area contributed by atoms with E-state index in [2.05, 4.69) is 0 Å². The van der Waals surface area contributed by atoms with Gasteiger partial charge in [0.1, 0.15) is 3.26 Å². The Balaban J connectivity index is 4.24. The third-order valence-electron chi connectivity index (χ3n) is 0.788. The minimum atomic E-state index is -3.07. The summed E-state index contributed by atoms with van der Waals surface area (Å²) in [5.41, 5.74) is 0. The number of sulfone groups is 1. The van der Waals surface area contributed by atoms with Crippen LogP contribution >= 0.6 is 22.6 Å². The van der Waals surface area contributed by atoms with E-state index in [1.165, 1.54) is 6.92 Å². The maximum absolute atomic E-state index is 10.6. The highest BCUT2D eigenvalue weighted by molar-refractivity contribution is 14.1. The summed E-state index contributed by atoms with van der Waals surface area (Å²) in [5, 5.41) is 8.77. The lowest BCUT2D eigenvalue weighted by molar-refractivity contribution is 0.214. The van der Waals surface area contributed by atoms with Gasteiger partial charge in [-0.1, -0.05) is 22.6 Å². The SMILES string of the molecule is C[C@@H](O)[C@@H](I)S(C)(=O)=O. The van der Waals surface area contributed by atoms with Crippen LogP contribution in [-0.4, -0.2) is 29.1 Å². The molecule has 0 aliphatic carbocycles. The van der Waals surface area contributed by atoms with Gasteiger partial charge < -0.3 is 5.11 Å². The predicted molar refractivity (Wildman–Crippen MR) is 44.3 cm³/mol. The zero-order chi connectivity index (χ0) is 7.65. The zero-order valence-electron chi connectivity index (χ0n) is 5.20. The van der Waals surface area contributed by atoms with Crippen LogP contribution in [0.3, 0.4) is 0 Å². The molecule has 1 N–H and O–H groups in total. The quantitative estimate of drug-likeness (QED) is 0.571. The molecule has 0 rings (SSSR count). The summed E-state index contributed by atoms with van der Waals surface area (Å²) in [4.78, 5) is 0. The minimum absolute atomic E-state index is 0.685. The molecule has 5 heteroatoms. The van der Waals surface area contributed by atoms with Crippen LogP contribution in [0.1, 0.15) is 6.92 Å². The third kappa shape index (κ3) is 3.36. The Kier molecular flexibility index (Phi) is 3.38. The van der Waals surface area contributed by atoms with Crippen LogP contribution in [0.15, 0.2) is 0 Å². The second-order valence-electron chi connectivity index (χ2n) is 1.92. The van der Waals surface area contributed by atoms with Crippen molar-refractivity contribution in [1.29, 1.82) is 0 Å². The normalized spacial score (nSPS) is 19.1. The van der Waals surface area contributed by atoms with Crippen molar-refractivity contribution in [1.82, 2.24) is 0 Å². The first-order valence-electron chi connectivity index (χ1n) is 2.36. The molecule has 0 spiro atoms. The van der Waals surface area contributed by atoms with Gasteiger partial charge in [0.05, 0.1) is 6.10 Å². The summed E-state index contributed by atoms with van der Waals surface area (Å²) >= 11 is 1.70. The van der Waals surface area contributed by atoms with E-state index in [1.54, 1.807) is 22.6 Å². The molecule has 0 bridgehead atoms. The Morgan fingerprint density at radius 1 is 1.56 bits per heavy atom. The van der Waals surface area contributed by atoms with Gasteiger partial charge >= 0.3 is 0 Å². The fourth-order valence-corrected chi connectivity index (χ4v) is 1.07. The number of rotatable bonds is 2. The van der Waals surface area contributed by atoms with Crippen LogP contribution in [-0.2, 0) is 9.84 Å². The van der Waals surface area contributed by atoms with Crippen LogP contribution in [0.25, 0.3) is 0 Å². The second-order valence-corrected chi connectivity index (χ2v) is 6.28. The molecule has 0 amide bonds. The first-order chi connectivity index (χ1) is 3.85. The standard InChI is InChI=1S/C4H9IO3S/c1-3(6)4(5)9(2,7)8/h3-4,6H,1-2H3/t3-,4+/m1/s1. The molecule has 0 unspecified atom stereocenters. The first-order valence-corrected chi connectivity index (χ1v) is 5.56. The van der Waals surface area contributed by atoms with E-state index >= 15 is 0 Å². The van der Waals surface area contributed by atoms with E-state index in [9.17, 15) is 8.42 Å². The summed E-state index contributed by atoms with van der Waals surface area (Å²) in [5.74, 6) is 0. The smallest absolute Gasteiger partial charge is 0.162 e. The van der Waals surface area contributed by atoms with Crippen LogP contribution < -0.4 is 0 Å². The van der Waals surface area contributed by atoms with Gasteiger partial charge in [0.2, 0.25) is 0 Å². The van der Waals surface area contributed by atoms with Gasteiger partial charge in [-0.2, -0.15) is 0 Å². The fourth-order valence-electron chi connectivity index (χ4n) is 0.358. The summed E-state index contributed by atoms with van der Waals surface area (Å²) in [6, 6.07) is 0. The summed E-state index contributed by atoms with van der Waals surface area (Å²) < 4.78 is 20.5. The molecule has 9 heavy (non-hydrogen) atoms. The van der Waals surface area contributed by atoms with E-state index < -0.39 is 19.2 Å². The van der Waals surface area contributed by atoms with Gasteiger partial charge in [-0.05, 0) is 6.92 Å². The molecular weight excluding hydrogens is 255 g/mol. The Morgan fingerprint density at radius 2 is 1.89 bits per heavy atom.